The summed E-state index contributed by atoms with van der Waals surface area (Å²) in [6, 6.07) is 0. The third-order valence-electron chi connectivity index (χ3n) is 2.17. The minimum absolute atomic E-state index is 0.292. The number of hydrogen-bond donors (Lipinski definition) is 0. The van der Waals surface area contributed by atoms with Crippen LogP contribution in [0.3, 0.4) is 0 Å². The zero-order valence-corrected chi connectivity index (χ0v) is 5.90. The van der Waals surface area contributed by atoms with Gasteiger partial charge in [-0.1, -0.05) is 20.8 Å². The lowest BCUT2D eigenvalue weighted by Crippen LogP contribution is -2.17. The predicted molar refractivity (Wildman–Crippen MR) is 33.8 cm³/mol. The molecule has 0 aliphatic carbocycles. The molecule has 0 aromatic rings. The Kier molecular flexibility index (Phi) is 1.31. The molecule has 1 saturated heterocycles. The summed E-state index contributed by atoms with van der Waals surface area (Å²) in [6.07, 6.45) is 1.17. The lowest BCUT2D eigenvalue weighted by molar-refractivity contribution is 0.233. The second-order valence-corrected chi connectivity index (χ2v) is 2.86. The highest BCUT2D eigenvalue weighted by Gasteiger charge is 2.45. The van der Waals surface area contributed by atoms with Gasteiger partial charge in [0.15, 0.2) is 0 Å². The monoisotopic (exact) mass is 114 g/mol. The number of epoxide rings is 1. The standard InChI is InChI=1S/C7H14O/c1-4-7(5-8-7)6(2)3/h6H,4-5H2,1-3H3. The molecule has 0 N–H and O–H groups in total. The molecule has 0 amide bonds. The second kappa shape index (κ2) is 1.73. The van der Waals surface area contributed by atoms with Gasteiger partial charge in [0, 0.05) is 0 Å². The van der Waals surface area contributed by atoms with Crippen molar-refractivity contribution in [2.75, 3.05) is 6.61 Å². The molecular formula is C7H14O. The van der Waals surface area contributed by atoms with Crippen LogP contribution in [-0.2, 0) is 4.74 Å². The lowest BCUT2D eigenvalue weighted by atomic mass is 9.94. The van der Waals surface area contributed by atoms with E-state index in [1.165, 1.54) is 6.42 Å². The van der Waals surface area contributed by atoms with Crippen molar-refractivity contribution in [3.8, 4) is 0 Å². The number of rotatable bonds is 2. The zero-order chi connectivity index (χ0) is 6.20. The minimum Gasteiger partial charge on any atom is -0.369 e. The molecule has 1 aliphatic heterocycles. The molecule has 1 fully saturated rings. The summed E-state index contributed by atoms with van der Waals surface area (Å²) in [4.78, 5) is 0. The predicted octanol–water partition coefficient (Wildman–Crippen LogP) is 1.82. The molecule has 0 saturated carbocycles. The summed E-state index contributed by atoms with van der Waals surface area (Å²) in [5.41, 5.74) is 0.292. The summed E-state index contributed by atoms with van der Waals surface area (Å²) < 4.78 is 5.31. The van der Waals surface area contributed by atoms with Crippen molar-refractivity contribution >= 4 is 0 Å². The quantitative estimate of drug-likeness (QED) is 0.499. The molecule has 1 unspecified atom stereocenters. The summed E-state index contributed by atoms with van der Waals surface area (Å²) in [5, 5.41) is 0. The third-order valence-corrected chi connectivity index (χ3v) is 2.17. The van der Waals surface area contributed by atoms with Gasteiger partial charge in [-0.05, 0) is 12.3 Å². The first-order valence-corrected chi connectivity index (χ1v) is 3.35. The molecular weight excluding hydrogens is 100 g/mol. The first kappa shape index (κ1) is 6.09. The average molecular weight is 114 g/mol. The topological polar surface area (TPSA) is 12.5 Å². The maximum atomic E-state index is 5.31. The first-order chi connectivity index (χ1) is 3.71. The maximum Gasteiger partial charge on any atom is 0.0936 e. The fraction of sp³-hybridized carbons (Fsp3) is 1.00. The van der Waals surface area contributed by atoms with Crippen molar-refractivity contribution in [1.82, 2.24) is 0 Å². The van der Waals surface area contributed by atoms with E-state index in [-0.39, 0.29) is 0 Å². The summed E-state index contributed by atoms with van der Waals surface area (Å²) in [5.74, 6) is 0.701. The summed E-state index contributed by atoms with van der Waals surface area (Å²) in [7, 11) is 0. The van der Waals surface area contributed by atoms with Gasteiger partial charge in [-0.3, -0.25) is 0 Å². The van der Waals surface area contributed by atoms with Crippen molar-refractivity contribution < 1.29 is 4.74 Å². The van der Waals surface area contributed by atoms with E-state index < -0.39 is 0 Å². The maximum absolute atomic E-state index is 5.31. The molecule has 0 aromatic carbocycles. The van der Waals surface area contributed by atoms with Crippen LogP contribution in [0.15, 0.2) is 0 Å². The summed E-state index contributed by atoms with van der Waals surface area (Å²) >= 11 is 0. The van der Waals surface area contributed by atoms with Crippen molar-refractivity contribution in [2.24, 2.45) is 5.92 Å². The SMILES string of the molecule is CCC1(C(C)C)CO1. The molecule has 0 spiro atoms. The van der Waals surface area contributed by atoms with Crippen LogP contribution in [0.25, 0.3) is 0 Å². The van der Waals surface area contributed by atoms with Crippen molar-refractivity contribution in [2.45, 2.75) is 32.8 Å². The Bertz CT molecular complexity index is 82.4. The Morgan fingerprint density at radius 3 is 2.12 bits per heavy atom. The molecule has 1 heterocycles. The largest absolute Gasteiger partial charge is 0.369 e. The molecule has 0 radical (unpaired) electrons. The van der Waals surface area contributed by atoms with Gasteiger partial charge in [0.2, 0.25) is 0 Å². The van der Waals surface area contributed by atoms with Gasteiger partial charge < -0.3 is 4.74 Å². The van der Waals surface area contributed by atoms with Crippen molar-refractivity contribution in [3.05, 3.63) is 0 Å². The fourth-order valence-electron chi connectivity index (χ4n) is 1.04. The lowest BCUT2D eigenvalue weighted by Gasteiger charge is -2.11. The van der Waals surface area contributed by atoms with Crippen LogP contribution in [0.4, 0.5) is 0 Å². The van der Waals surface area contributed by atoms with Crippen LogP contribution in [0.2, 0.25) is 0 Å². The smallest absolute Gasteiger partial charge is 0.0936 e. The Balaban J connectivity index is 2.41. The van der Waals surface area contributed by atoms with E-state index >= 15 is 0 Å². The molecule has 8 heavy (non-hydrogen) atoms. The molecule has 1 aliphatic rings. The number of ether oxygens (including phenoxy) is 1. The van der Waals surface area contributed by atoms with E-state index in [1.54, 1.807) is 0 Å². The molecule has 1 heteroatoms. The van der Waals surface area contributed by atoms with E-state index in [0.29, 0.717) is 11.5 Å². The second-order valence-electron chi connectivity index (χ2n) is 2.86. The van der Waals surface area contributed by atoms with E-state index in [0.717, 1.165) is 6.61 Å². The fourth-order valence-corrected chi connectivity index (χ4v) is 1.04. The highest BCUT2D eigenvalue weighted by Crippen LogP contribution is 2.37. The van der Waals surface area contributed by atoms with Crippen LogP contribution in [0, 0.1) is 5.92 Å². The van der Waals surface area contributed by atoms with Gasteiger partial charge in [0.05, 0.1) is 12.2 Å². The average Bonchev–Trinajstić information content (AvgIpc) is 2.44. The Labute approximate surface area is 51.0 Å². The minimum atomic E-state index is 0.292. The Morgan fingerprint density at radius 2 is 2.12 bits per heavy atom. The van der Waals surface area contributed by atoms with E-state index in [9.17, 15) is 0 Å². The van der Waals surface area contributed by atoms with Crippen LogP contribution < -0.4 is 0 Å². The van der Waals surface area contributed by atoms with E-state index in [2.05, 4.69) is 20.8 Å². The van der Waals surface area contributed by atoms with Gasteiger partial charge in [-0.15, -0.1) is 0 Å². The summed E-state index contributed by atoms with van der Waals surface area (Å²) in [6.45, 7) is 7.61. The highest BCUT2D eigenvalue weighted by atomic mass is 16.6. The van der Waals surface area contributed by atoms with Gasteiger partial charge in [-0.2, -0.15) is 0 Å². The normalized spacial score (nSPS) is 36.0. The Hall–Kier alpha value is -0.0400. The van der Waals surface area contributed by atoms with E-state index in [1.807, 2.05) is 0 Å². The molecule has 0 bridgehead atoms. The van der Waals surface area contributed by atoms with Gasteiger partial charge in [-0.25, -0.2) is 0 Å². The van der Waals surface area contributed by atoms with Crippen LogP contribution in [0.5, 0.6) is 0 Å². The van der Waals surface area contributed by atoms with Crippen molar-refractivity contribution in [3.63, 3.8) is 0 Å². The molecule has 1 rings (SSSR count). The Morgan fingerprint density at radius 1 is 1.62 bits per heavy atom. The van der Waals surface area contributed by atoms with Gasteiger partial charge >= 0.3 is 0 Å². The van der Waals surface area contributed by atoms with Gasteiger partial charge in [0.25, 0.3) is 0 Å². The zero-order valence-electron chi connectivity index (χ0n) is 5.90. The third kappa shape index (κ3) is 0.752. The van der Waals surface area contributed by atoms with Crippen LogP contribution in [0.1, 0.15) is 27.2 Å². The van der Waals surface area contributed by atoms with Gasteiger partial charge in [0.1, 0.15) is 0 Å². The molecule has 48 valence electrons. The van der Waals surface area contributed by atoms with Crippen LogP contribution >= 0.6 is 0 Å². The van der Waals surface area contributed by atoms with Crippen molar-refractivity contribution in [1.29, 1.82) is 0 Å². The highest BCUT2D eigenvalue weighted by molar-refractivity contribution is 4.93. The van der Waals surface area contributed by atoms with E-state index in [4.69, 9.17) is 4.74 Å². The molecule has 1 atom stereocenters. The molecule has 1 nitrogen and oxygen atoms in total. The first-order valence-electron chi connectivity index (χ1n) is 3.35. The number of hydrogen-bond acceptors (Lipinski definition) is 1. The van der Waals surface area contributed by atoms with Crippen LogP contribution in [-0.4, -0.2) is 12.2 Å². The molecule has 0 aromatic heterocycles.